The Hall–Kier alpha value is -2.94. The summed E-state index contributed by atoms with van der Waals surface area (Å²) in [4.78, 5) is 11.9. The van der Waals surface area contributed by atoms with Crippen LogP contribution in [-0.2, 0) is 12.8 Å². The molecule has 1 saturated heterocycles. The van der Waals surface area contributed by atoms with Crippen LogP contribution < -0.4 is 4.90 Å². The van der Waals surface area contributed by atoms with E-state index < -0.39 is 12.6 Å². The molecule has 6 rings (SSSR count). The molecular formula is C25H24F3N5S. The van der Waals surface area contributed by atoms with Gasteiger partial charge in [0.25, 0.3) is 0 Å². The fourth-order valence-electron chi connectivity index (χ4n) is 5.76. The standard InChI is InChI=1S/C25H24F3N5S/c26-25(27,28)11-20-8-21-22(29-15-30-23(21)34-20)33-6-5-24(14-33)9-17(10-24)7-16-1-3-18(4-2-16)19-12-31-32-13-19/h1-4,8,12-13,15,17H,5-7,9-11,14H2,(H,31,32). The number of alkyl halides is 3. The van der Waals surface area contributed by atoms with Crippen LogP contribution >= 0.6 is 11.3 Å². The number of rotatable bonds is 5. The third-order valence-electron chi connectivity index (χ3n) is 7.23. The summed E-state index contributed by atoms with van der Waals surface area (Å²) in [5.41, 5.74) is 3.91. The van der Waals surface area contributed by atoms with Crippen LogP contribution in [0, 0.1) is 11.3 Å². The lowest BCUT2D eigenvalue weighted by atomic mass is 9.60. The maximum absolute atomic E-state index is 12.9. The molecule has 5 nitrogen and oxygen atoms in total. The zero-order chi connectivity index (χ0) is 23.3. The number of aromatic nitrogens is 4. The van der Waals surface area contributed by atoms with Gasteiger partial charge < -0.3 is 4.90 Å². The summed E-state index contributed by atoms with van der Waals surface area (Å²) in [6, 6.07) is 10.4. The molecule has 9 heteroatoms. The molecule has 0 amide bonds. The fraction of sp³-hybridized carbons (Fsp3) is 0.400. The Morgan fingerprint density at radius 2 is 1.94 bits per heavy atom. The third kappa shape index (κ3) is 4.17. The minimum atomic E-state index is -4.22. The number of hydrogen-bond acceptors (Lipinski definition) is 5. The van der Waals surface area contributed by atoms with Gasteiger partial charge in [-0.15, -0.1) is 11.3 Å². The molecule has 1 saturated carbocycles. The van der Waals surface area contributed by atoms with Gasteiger partial charge in [0, 0.05) is 29.7 Å². The summed E-state index contributed by atoms with van der Waals surface area (Å²) in [7, 11) is 0. The van der Waals surface area contributed by atoms with Gasteiger partial charge in [-0.1, -0.05) is 24.3 Å². The van der Waals surface area contributed by atoms with Crippen LogP contribution in [0.15, 0.2) is 49.1 Å². The number of fused-ring (bicyclic) bond motifs is 1. The van der Waals surface area contributed by atoms with Crippen molar-refractivity contribution in [3.8, 4) is 11.1 Å². The largest absolute Gasteiger partial charge is 0.393 e. The maximum atomic E-state index is 12.9. The summed E-state index contributed by atoms with van der Waals surface area (Å²) >= 11 is 1.12. The molecule has 1 N–H and O–H groups in total. The van der Waals surface area contributed by atoms with Crippen molar-refractivity contribution >= 4 is 27.4 Å². The van der Waals surface area contributed by atoms with E-state index in [4.69, 9.17) is 0 Å². The lowest BCUT2D eigenvalue weighted by molar-refractivity contribution is -0.126. The summed E-state index contributed by atoms with van der Waals surface area (Å²) in [6.07, 6.45) is 4.63. The van der Waals surface area contributed by atoms with Crippen molar-refractivity contribution in [3.05, 3.63) is 59.5 Å². The molecule has 4 heterocycles. The van der Waals surface area contributed by atoms with E-state index in [1.54, 1.807) is 6.07 Å². The first-order chi connectivity index (χ1) is 16.4. The van der Waals surface area contributed by atoms with E-state index in [0.29, 0.717) is 21.0 Å². The first kappa shape index (κ1) is 21.6. The van der Waals surface area contributed by atoms with Crippen LogP contribution in [0.4, 0.5) is 19.0 Å². The highest BCUT2D eigenvalue weighted by Gasteiger charge is 2.48. The van der Waals surface area contributed by atoms with E-state index in [9.17, 15) is 13.2 Å². The molecular weight excluding hydrogens is 459 g/mol. The van der Waals surface area contributed by atoms with Crippen molar-refractivity contribution in [1.82, 2.24) is 20.2 Å². The molecule has 1 aliphatic carbocycles. The van der Waals surface area contributed by atoms with E-state index >= 15 is 0 Å². The Morgan fingerprint density at radius 3 is 2.68 bits per heavy atom. The van der Waals surface area contributed by atoms with Crippen LogP contribution in [0.1, 0.15) is 29.7 Å². The molecule has 0 unspecified atom stereocenters. The minimum Gasteiger partial charge on any atom is -0.355 e. The Bertz CT molecular complexity index is 1290. The number of anilines is 1. The first-order valence-electron chi connectivity index (χ1n) is 11.5. The first-order valence-corrected chi connectivity index (χ1v) is 12.3. The van der Waals surface area contributed by atoms with Gasteiger partial charge in [0.15, 0.2) is 0 Å². The molecule has 0 bridgehead atoms. The average molecular weight is 484 g/mol. The SMILES string of the molecule is FC(F)(F)Cc1cc2c(N3CCC4(CC(Cc5ccc(-c6cn[nH]c6)cc5)C4)C3)ncnc2s1. The van der Waals surface area contributed by atoms with Gasteiger partial charge >= 0.3 is 6.18 Å². The smallest absolute Gasteiger partial charge is 0.355 e. The highest BCUT2D eigenvalue weighted by Crippen LogP contribution is 2.53. The second-order valence-corrected chi connectivity index (χ2v) is 10.9. The molecule has 4 aromatic rings. The van der Waals surface area contributed by atoms with Crippen molar-refractivity contribution in [2.75, 3.05) is 18.0 Å². The summed E-state index contributed by atoms with van der Waals surface area (Å²) in [6.45, 7) is 1.81. The van der Waals surface area contributed by atoms with Crippen molar-refractivity contribution in [2.24, 2.45) is 11.3 Å². The molecule has 1 aromatic carbocycles. The molecule has 1 spiro atoms. The number of thiophene rings is 1. The Morgan fingerprint density at radius 1 is 1.12 bits per heavy atom. The zero-order valence-corrected chi connectivity index (χ0v) is 19.3. The van der Waals surface area contributed by atoms with E-state index in [1.165, 1.54) is 24.7 Å². The Labute approximate surface area is 199 Å². The van der Waals surface area contributed by atoms with Crippen LogP contribution in [0.5, 0.6) is 0 Å². The lowest BCUT2D eigenvalue weighted by Gasteiger charge is -2.45. The number of nitrogens with zero attached hydrogens (tertiary/aromatic N) is 4. The molecule has 1 aliphatic heterocycles. The second-order valence-electron chi connectivity index (χ2n) is 9.75. The normalized spacial score (nSPS) is 22.6. The van der Waals surface area contributed by atoms with Gasteiger partial charge in [0.2, 0.25) is 0 Å². The van der Waals surface area contributed by atoms with Crippen LogP contribution in [0.25, 0.3) is 21.3 Å². The van der Waals surface area contributed by atoms with Crippen LogP contribution in [0.2, 0.25) is 0 Å². The molecule has 0 atom stereocenters. The number of nitrogens with one attached hydrogen (secondary N) is 1. The second kappa shape index (κ2) is 8.08. The molecule has 34 heavy (non-hydrogen) atoms. The zero-order valence-electron chi connectivity index (χ0n) is 18.5. The molecule has 0 radical (unpaired) electrons. The van der Waals surface area contributed by atoms with E-state index in [1.807, 2.05) is 12.4 Å². The van der Waals surface area contributed by atoms with Gasteiger partial charge in [-0.25, -0.2) is 9.97 Å². The number of benzene rings is 1. The lowest BCUT2D eigenvalue weighted by Crippen LogP contribution is -2.40. The minimum absolute atomic E-state index is 0.292. The number of hydrogen-bond donors (Lipinski definition) is 1. The quantitative estimate of drug-likeness (QED) is 0.376. The Kier molecular flexibility index (Phi) is 5.13. The van der Waals surface area contributed by atoms with Crippen LogP contribution in [0.3, 0.4) is 0 Å². The van der Waals surface area contributed by atoms with Crippen molar-refractivity contribution in [3.63, 3.8) is 0 Å². The van der Waals surface area contributed by atoms with E-state index in [0.717, 1.165) is 59.6 Å². The van der Waals surface area contributed by atoms with Crippen molar-refractivity contribution < 1.29 is 13.2 Å². The predicted octanol–water partition coefficient (Wildman–Crippen LogP) is 6.04. The molecule has 2 aliphatic rings. The topological polar surface area (TPSA) is 57.7 Å². The Balaban J connectivity index is 1.10. The van der Waals surface area contributed by atoms with Gasteiger partial charge in [0.1, 0.15) is 17.0 Å². The number of halogens is 3. The third-order valence-corrected chi connectivity index (χ3v) is 8.27. The highest BCUT2D eigenvalue weighted by atomic mass is 32.1. The fourth-order valence-corrected chi connectivity index (χ4v) is 6.78. The number of aromatic amines is 1. The highest BCUT2D eigenvalue weighted by molar-refractivity contribution is 7.18. The maximum Gasteiger partial charge on any atom is 0.393 e. The predicted molar refractivity (Wildman–Crippen MR) is 127 cm³/mol. The van der Waals surface area contributed by atoms with Crippen LogP contribution in [-0.4, -0.2) is 39.4 Å². The van der Waals surface area contributed by atoms with Gasteiger partial charge in [-0.05, 0) is 54.2 Å². The van der Waals surface area contributed by atoms with Gasteiger partial charge in [-0.2, -0.15) is 18.3 Å². The number of H-pyrrole nitrogens is 1. The summed E-state index contributed by atoms with van der Waals surface area (Å²) in [5.74, 6) is 1.45. The van der Waals surface area contributed by atoms with E-state index in [-0.39, 0.29) is 0 Å². The summed E-state index contributed by atoms with van der Waals surface area (Å²) < 4.78 is 38.6. The van der Waals surface area contributed by atoms with Crippen molar-refractivity contribution in [1.29, 1.82) is 0 Å². The van der Waals surface area contributed by atoms with E-state index in [2.05, 4.69) is 49.3 Å². The molecule has 3 aromatic heterocycles. The average Bonchev–Trinajstić information content (AvgIpc) is 3.52. The monoisotopic (exact) mass is 483 g/mol. The summed E-state index contributed by atoms with van der Waals surface area (Å²) in [5, 5.41) is 7.61. The molecule has 2 fully saturated rings. The van der Waals surface area contributed by atoms with Gasteiger partial charge in [0.05, 0.1) is 18.0 Å². The van der Waals surface area contributed by atoms with Gasteiger partial charge in [-0.3, -0.25) is 5.10 Å². The molecule has 176 valence electrons. The van der Waals surface area contributed by atoms with Crippen molar-refractivity contribution in [2.45, 2.75) is 38.3 Å².